The highest BCUT2D eigenvalue weighted by Gasteiger charge is 2.45. The monoisotopic (exact) mass is 230 g/mol. The van der Waals surface area contributed by atoms with Gasteiger partial charge < -0.3 is 9.31 Å². The Morgan fingerprint density at radius 3 is 2.82 bits per heavy atom. The van der Waals surface area contributed by atoms with Gasteiger partial charge in [0, 0.05) is 5.82 Å². The molecule has 3 rings (SSSR count). The first kappa shape index (κ1) is 10.7. The second-order valence-electron chi connectivity index (χ2n) is 4.96. The smallest absolute Gasteiger partial charge is 0.525 e. The number of hydrogen-bond acceptors (Lipinski definition) is 3. The first-order valence-electron chi connectivity index (χ1n) is 6.22. The first-order valence-corrected chi connectivity index (χ1v) is 6.22. The van der Waals surface area contributed by atoms with E-state index in [1.807, 2.05) is 18.2 Å². The van der Waals surface area contributed by atoms with Crippen LogP contribution in [-0.4, -0.2) is 13.1 Å². The molecule has 1 heterocycles. The van der Waals surface area contributed by atoms with Gasteiger partial charge in [-0.25, -0.2) is 4.79 Å². The lowest BCUT2D eigenvalue weighted by Crippen LogP contribution is -2.39. The number of carbonyl (C=O) groups excluding carboxylic acids is 1. The van der Waals surface area contributed by atoms with Crippen LogP contribution >= 0.6 is 0 Å². The Morgan fingerprint density at radius 1 is 1.24 bits per heavy atom. The van der Waals surface area contributed by atoms with Gasteiger partial charge in [0.25, 0.3) is 0 Å². The molecule has 1 saturated carbocycles. The minimum Gasteiger partial charge on any atom is -0.525 e. The van der Waals surface area contributed by atoms with Gasteiger partial charge in [0.2, 0.25) is 0 Å². The molecule has 0 N–H and O–H groups in total. The maximum absolute atomic E-state index is 11.9. The van der Waals surface area contributed by atoms with Gasteiger partial charge in [0.1, 0.15) is 5.75 Å². The van der Waals surface area contributed by atoms with Crippen molar-refractivity contribution in [1.82, 2.24) is 0 Å². The molecule has 88 valence electrons. The largest absolute Gasteiger partial charge is 0.600 e. The second-order valence-corrected chi connectivity index (χ2v) is 4.96. The van der Waals surface area contributed by atoms with Gasteiger partial charge >= 0.3 is 13.1 Å². The zero-order valence-electron chi connectivity index (χ0n) is 9.89. The van der Waals surface area contributed by atoms with Gasteiger partial charge in [-0.15, -0.1) is 0 Å². The van der Waals surface area contributed by atoms with Crippen molar-refractivity contribution in [3.8, 4) is 5.75 Å². The fraction of sp³-hybridized carbons (Fsp3) is 0.462. The number of hydrogen-bond donors (Lipinski definition) is 0. The molecule has 1 aromatic carbocycles. The van der Waals surface area contributed by atoms with Crippen LogP contribution in [0.5, 0.6) is 5.75 Å². The van der Waals surface area contributed by atoms with E-state index in [1.165, 1.54) is 12.8 Å². The molecule has 0 amide bonds. The van der Waals surface area contributed by atoms with E-state index in [4.69, 9.17) is 9.31 Å². The highest BCUT2D eigenvalue weighted by molar-refractivity contribution is 6.51. The molecule has 1 fully saturated rings. The van der Waals surface area contributed by atoms with Crippen molar-refractivity contribution >= 4 is 13.1 Å². The quantitative estimate of drug-likeness (QED) is 0.695. The van der Waals surface area contributed by atoms with E-state index in [2.05, 4.69) is 6.92 Å². The molecular weight excluding hydrogens is 215 g/mol. The minimum atomic E-state index is -0.394. The summed E-state index contributed by atoms with van der Waals surface area (Å²) < 4.78 is 11.2. The Balaban J connectivity index is 1.86. The summed E-state index contributed by atoms with van der Waals surface area (Å²) in [5.41, 5.74) is 0.536. The van der Waals surface area contributed by atoms with E-state index in [1.54, 1.807) is 6.07 Å². The van der Waals surface area contributed by atoms with E-state index >= 15 is 0 Å². The lowest BCUT2D eigenvalue weighted by atomic mass is 9.66. The number of fused-ring (bicyclic) bond motifs is 1. The molecule has 1 aromatic rings. The molecule has 0 spiro atoms. The molecule has 3 nitrogen and oxygen atoms in total. The highest BCUT2D eigenvalue weighted by Crippen LogP contribution is 2.41. The lowest BCUT2D eigenvalue weighted by Gasteiger charge is -2.27. The van der Waals surface area contributed by atoms with Crippen molar-refractivity contribution in [3.05, 3.63) is 29.8 Å². The first-order chi connectivity index (χ1) is 8.25. The van der Waals surface area contributed by atoms with Crippen molar-refractivity contribution in [1.29, 1.82) is 0 Å². The molecule has 0 radical (unpaired) electrons. The van der Waals surface area contributed by atoms with E-state index in [0.29, 0.717) is 23.0 Å². The van der Waals surface area contributed by atoms with Gasteiger partial charge in [-0.05, 0) is 24.5 Å². The van der Waals surface area contributed by atoms with Gasteiger partial charge in [0.15, 0.2) is 0 Å². The third-order valence-electron chi connectivity index (χ3n) is 3.85. The number of carbonyl (C=O) groups is 1. The van der Waals surface area contributed by atoms with Crippen LogP contribution in [0.2, 0.25) is 5.82 Å². The van der Waals surface area contributed by atoms with Crippen molar-refractivity contribution in [3.63, 3.8) is 0 Å². The van der Waals surface area contributed by atoms with Crippen LogP contribution in [0.3, 0.4) is 0 Å². The van der Waals surface area contributed by atoms with Crippen molar-refractivity contribution in [2.24, 2.45) is 5.92 Å². The van der Waals surface area contributed by atoms with Crippen LogP contribution < -0.4 is 4.65 Å². The van der Waals surface area contributed by atoms with Gasteiger partial charge in [-0.1, -0.05) is 31.9 Å². The minimum absolute atomic E-state index is 0.254. The highest BCUT2D eigenvalue weighted by atomic mass is 16.6. The molecule has 0 bridgehead atoms. The summed E-state index contributed by atoms with van der Waals surface area (Å²) in [5.74, 6) is 1.31. The molecule has 1 aliphatic heterocycles. The van der Waals surface area contributed by atoms with E-state index in [0.717, 1.165) is 6.42 Å². The van der Waals surface area contributed by atoms with Crippen molar-refractivity contribution in [2.45, 2.75) is 32.0 Å². The van der Waals surface area contributed by atoms with Gasteiger partial charge in [0.05, 0.1) is 5.56 Å². The molecule has 0 saturated heterocycles. The summed E-state index contributed by atoms with van der Waals surface area (Å²) >= 11 is 0. The average Bonchev–Trinajstić information content (AvgIpc) is 2.75. The third kappa shape index (κ3) is 1.81. The Kier molecular flexibility index (Phi) is 2.58. The summed E-state index contributed by atoms with van der Waals surface area (Å²) in [7, 11) is -0.394. The summed E-state index contributed by atoms with van der Waals surface area (Å²) in [6.45, 7) is 2.20. The Hall–Kier alpha value is -1.45. The summed E-state index contributed by atoms with van der Waals surface area (Å²) in [4.78, 5) is 11.9. The standard InChI is InChI=1S/C13H15BO3/c1-9-5-4-7-11(9)14-16-12-8-3-2-6-10(12)13(15)17-14/h2-3,6,8-9,11H,4-5,7H2,1H3/t9-,11-/m1/s1. The van der Waals surface area contributed by atoms with Crippen LogP contribution in [0.4, 0.5) is 0 Å². The maximum atomic E-state index is 11.9. The fourth-order valence-corrected chi connectivity index (χ4v) is 2.81. The van der Waals surface area contributed by atoms with Crippen LogP contribution in [0.1, 0.15) is 36.5 Å². The zero-order chi connectivity index (χ0) is 11.8. The third-order valence-corrected chi connectivity index (χ3v) is 3.85. The fourth-order valence-electron chi connectivity index (χ4n) is 2.81. The predicted octanol–water partition coefficient (Wildman–Crippen LogP) is 2.91. The molecule has 17 heavy (non-hydrogen) atoms. The molecule has 1 aliphatic carbocycles. The zero-order valence-corrected chi connectivity index (χ0v) is 9.89. The number of rotatable bonds is 1. The topological polar surface area (TPSA) is 35.5 Å². The number of benzene rings is 1. The Morgan fingerprint density at radius 2 is 2.06 bits per heavy atom. The van der Waals surface area contributed by atoms with Crippen LogP contribution in [0.25, 0.3) is 0 Å². The van der Waals surface area contributed by atoms with E-state index < -0.39 is 7.12 Å². The number of para-hydroxylation sites is 1. The van der Waals surface area contributed by atoms with Crippen molar-refractivity contribution < 1.29 is 14.1 Å². The van der Waals surface area contributed by atoms with Gasteiger partial charge in [-0.3, -0.25) is 0 Å². The molecule has 2 aliphatic rings. The Labute approximate surface area is 101 Å². The molecule has 4 heteroatoms. The maximum Gasteiger partial charge on any atom is 0.600 e. The molecule has 0 aromatic heterocycles. The van der Waals surface area contributed by atoms with Crippen LogP contribution in [0, 0.1) is 5.92 Å². The van der Waals surface area contributed by atoms with Crippen LogP contribution in [0.15, 0.2) is 24.3 Å². The SMILES string of the molecule is C[C@@H]1CCC[C@H]1B1OC(=O)c2ccccc2O1. The lowest BCUT2D eigenvalue weighted by molar-refractivity contribution is 0.0669. The van der Waals surface area contributed by atoms with Gasteiger partial charge in [-0.2, -0.15) is 0 Å². The molecule has 0 unspecified atom stereocenters. The van der Waals surface area contributed by atoms with E-state index in [9.17, 15) is 4.79 Å². The second kappa shape index (κ2) is 4.10. The normalized spacial score (nSPS) is 27.4. The summed E-state index contributed by atoms with van der Waals surface area (Å²) in [6.07, 6.45) is 3.48. The molecular formula is C13H15BO3. The van der Waals surface area contributed by atoms with Crippen LogP contribution in [-0.2, 0) is 4.65 Å². The summed E-state index contributed by atoms with van der Waals surface area (Å²) in [5, 5.41) is 0. The predicted molar refractivity (Wildman–Crippen MR) is 65.0 cm³/mol. The van der Waals surface area contributed by atoms with E-state index in [-0.39, 0.29) is 5.97 Å². The summed E-state index contributed by atoms with van der Waals surface area (Å²) in [6, 6.07) is 7.28. The molecule has 2 atom stereocenters. The van der Waals surface area contributed by atoms with Crippen molar-refractivity contribution in [2.75, 3.05) is 0 Å². The Bertz CT molecular complexity index is 446. The average molecular weight is 230 g/mol.